The molecule has 114 valence electrons. The van der Waals surface area contributed by atoms with Crippen molar-refractivity contribution in [2.75, 3.05) is 5.32 Å². The van der Waals surface area contributed by atoms with Crippen LogP contribution in [0.5, 0.6) is 0 Å². The Kier molecular flexibility index (Phi) is 4.06. The highest BCUT2D eigenvalue weighted by atomic mass is 16.1. The molecular formula is C19H16N2O2. The number of pyridine rings is 1. The molecule has 0 fully saturated rings. The van der Waals surface area contributed by atoms with E-state index in [9.17, 15) is 9.59 Å². The van der Waals surface area contributed by atoms with E-state index in [4.69, 9.17) is 0 Å². The second-order valence-corrected chi connectivity index (χ2v) is 5.33. The molecule has 3 aromatic rings. The molecule has 1 heterocycles. The van der Waals surface area contributed by atoms with Gasteiger partial charge in [0.05, 0.1) is 0 Å². The van der Waals surface area contributed by atoms with Crippen molar-refractivity contribution < 1.29 is 4.79 Å². The third-order valence-corrected chi connectivity index (χ3v) is 3.52. The summed E-state index contributed by atoms with van der Waals surface area (Å²) in [6.45, 7) is 1.98. The molecule has 0 spiro atoms. The van der Waals surface area contributed by atoms with Gasteiger partial charge in [0, 0.05) is 22.8 Å². The molecule has 0 atom stereocenters. The Bertz CT molecular complexity index is 937. The van der Waals surface area contributed by atoms with Crippen LogP contribution < -0.4 is 10.9 Å². The Labute approximate surface area is 133 Å². The van der Waals surface area contributed by atoms with Crippen LogP contribution in [0.1, 0.15) is 11.1 Å². The van der Waals surface area contributed by atoms with Gasteiger partial charge >= 0.3 is 0 Å². The standard InChI is InChI=1S/C19H16N2O2/c1-13-6-9-16(10-7-13)20-18(22)11-8-15-12-14-4-2-3-5-17(14)21-19(15)23/h2-12H,1H3,(H,20,22)(H,21,23)/b11-8+. The van der Waals surface area contributed by atoms with Gasteiger partial charge in [0.1, 0.15) is 0 Å². The van der Waals surface area contributed by atoms with Gasteiger partial charge in [-0.25, -0.2) is 0 Å². The Morgan fingerprint density at radius 2 is 1.83 bits per heavy atom. The molecule has 0 aliphatic carbocycles. The summed E-state index contributed by atoms with van der Waals surface area (Å²) in [5, 5.41) is 3.68. The van der Waals surface area contributed by atoms with E-state index in [-0.39, 0.29) is 11.5 Å². The Morgan fingerprint density at radius 1 is 1.09 bits per heavy atom. The van der Waals surface area contributed by atoms with Gasteiger partial charge in [-0.15, -0.1) is 0 Å². The van der Waals surface area contributed by atoms with E-state index >= 15 is 0 Å². The molecule has 1 amide bonds. The van der Waals surface area contributed by atoms with Gasteiger partial charge in [-0.2, -0.15) is 0 Å². The number of para-hydroxylation sites is 1. The third-order valence-electron chi connectivity index (χ3n) is 3.52. The van der Waals surface area contributed by atoms with E-state index in [1.807, 2.05) is 55.5 Å². The smallest absolute Gasteiger partial charge is 0.255 e. The number of rotatable bonds is 3. The van der Waals surface area contributed by atoms with Crippen LogP contribution in [0.3, 0.4) is 0 Å². The quantitative estimate of drug-likeness (QED) is 0.728. The molecule has 0 saturated carbocycles. The first-order valence-electron chi connectivity index (χ1n) is 7.29. The maximum Gasteiger partial charge on any atom is 0.255 e. The summed E-state index contributed by atoms with van der Waals surface area (Å²) in [4.78, 5) is 26.7. The number of carbonyl (C=O) groups excluding carboxylic acids is 1. The van der Waals surface area contributed by atoms with Crippen molar-refractivity contribution in [2.45, 2.75) is 6.92 Å². The molecule has 23 heavy (non-hydrogen) atoms. The number of hydrogen-bond donors (Lipinski definition) is 2. The number of carbonyl (C=O) groups is 1. The first-order chi connectivity index (χ1) is 11.1. The van der Waals surface area contributed by atoms with Crippen molar-refractivity contribution in [1.29, 1.82) is 0 Å². The average molecular weight is 304 g/mol. The predicted octanol–water partition coefficient (Wildman–Crippen LogP) is 3.49. The van der Waals surface area contributed by atoms with Crippen molar-refractivity contribution in [2.24, 2.45) is 0 Å². The molecule has 0 bridgehead atoms. The van der Waals surface area contributed by atoms with E-state index in [0.717, 1.165) is 22.2 Å². The highest BCUT2D eigenvalue weighted by Crippen LogP contribution is 2.11. The van der Waals surface area contributed by atoms with E-state index < -0.39 is 0 Å². The fourth-order valence-electron chi connectivity index (χ4n) is 2.27. The number of anilines is 1. The molecule has 3 rings (SSSR count). The summed E-state index contributed by atoms with van der Waals surface area (Å²) in [7, 11) is 0. The van der Waals surface area contributed by atoms with Crippen LogP contribution in [0.4, 0.5) is 5.69 Å². The summed E-state index contributed by atoms with van der Waals surface area (Å²) >= 11 is 0. The van der Waals surface area contributed by atoms with E-state index in [0.29, 0.717) is 5.56 Å². The SMILES string of the molecule is Cc1ccc(NC(=O)/C=C/c2cc3ccccc3[nH]c2=O)cc1. The molecular weight excluding hydrogens is 288 g/mol. The van der Waals surface area contributed by atoms with Gasteiger partial charge in [-0.05, 0) is 42.7 Å². The monoisotopic (exact) mass is 304 g/mol. The Hall–Kier alpha value is -3.14. The number of aryl methyl sites for hydroxylation is 1. The summed E-state index contributed by atoms with van der Waals surface area (Å²) < 4.78 is 0. The van der Waals surface area contributed by atoms with E-state index in [1.54, 1.807) is 6.07 Å². The molecule has 0 saturated heterocycles. The van der Waals surface area contributed by atoms with Crippen LogP contribution in [-0.2, 0) is 4.79 Å². The average Bonchev–Trinajstić information content (AvgIpc) is 2.55. The minimum absolute atomic E-state index is 0.219. The second-order valence-electron chi connectivity index (χ2n) is 5.33. The van der Waals surface area contributed by atoms with Gasteiger partial charge in [-0.1, -0.05) is 35.9 Å². The molecule has 2 aromatic carbocycles. The third kappa shape index (κ3) is 3.55. The molecule has 0 unspecified atom stereocenters. The van der Waals surface area contributed by atoms with Crippen molar-refractivity contribution in [1.82, 2.24) is 4.98 Å². The fraction of sp³-hybridized carbons (Fsp3) is 0.0526. The zero-order valence-electron chi connectivity index (χ0n) is 12.7. The van der Waals surface area contributed by atoms with Gasteiger partial charge in [0.15, 0.2) is 0 Å². The largest absolute Gasteiger partial charge is 0.323 e. The Balaban J connectivity index is 1.79. The number of hydrogen-bond acceptors (Lipinski definition) is 2. The van der Waals surface area contributed by atoms with Crippen LogP contribution in [0.25, 0.3) is 17.0 Å². The Morgan fingerprint density at radius 3 is 2.61 bits per heavy atom. The van der Waals surface area contributed by atoms with Crippen molar-refractivity contribution in [3.05, 3.63) is 82.2 Å². The van der Waals surface area contributed by atoms with Crippen LogP contribution >= 0.6 is 0 Å². The highest BCUT2D eigenvalue weighted by Gasteiger charge is 2.01. The summed E-state index contributed by atoms with van der Waals surface area (Å²) in [5.74, 6) is -0.276. The van der Waals surface area contributed by atoms with Gasteiger partial charge < -0.3 is 10.3 Å². The lowest BCUT2D eigenvalue weighted by Crippen LogP contribution is -2.11. The fourth-order valence-corrected chi connectivity index (χ4v) is 2.27. The van der Waals surface area contributed by atoms with Crippen molar-refractivity contribution in [3.8, 4) is 0 Å². The second kappa shape index (κ2) is 6.32. The molecule has 1 aromatic heterocycles. The molecule has 4 nitrogen and oxygen atoms in total. The lowest BCUT2D eigenvalue weighted by molar-refractivity contribution is -0.111. The van der Waals surface area contributed by atoms with Crippen molar-refractivity contribution >= 4 is 28.6 Å². The maximum atomic E-state index is 12.0. The van der Waals surface area contributed by atoms with Crippen LogP contribution in [0.2, 0.25) is 0 Å². The molecule has 4 heteroatoms. The first-order valence-corrected chi connectivity index (χ1v) is 7.29. The van der Waals surface area contributed by atoms with Gasteiger partial charge in [0.2, 0.25) is 5.91 Å². The maximum absolute atomic E-state index is 12.0. The van der Waals surface area contributed by atoms with Crippen molar-refractivity contribution in [3.63, 3.8) is 0 Å². The van der Waals surface area contributed by atoms with Gasteiger partial charge in [-0.3, -0.25) is 9.59 Å². The summed E-state index contributed by atoms with van der Waals surface area (Å²) in [6.07, 6.45) is 2.88. The van der Waals surface area contributed by atoms with Crippen LogP contribution in [0.15, 0.2) is 65.5 Å². The number of H-pyrrole nitrogens is 1. The molecule has 2 N–H and O–H groups in total. The zero-order valence-corrected chi connectivity index (χ0v) is 12.7. The number of nitrogens with one attached hydrogen (secondary N) is 2. The minimum atomic E-state index is -0.276. The lowest BCUT2D eigenvalue weighted by atomic mass is 10.1. The van der Waals surface area contributed by atoms with E-state index in [2.05, 4.69) is 10.3 Å². The lowest BCUT2D eigenvalue weighted by Gasteiger charge is -2.02. The normalized spacial score (nSPS) is 11.0. The zero-order chi connectivity index (χ0) is 16.2. The minimum Gasteiger partial charge on any atom is -0.323 e. The molecule has 0 aliphatic heterocycles. The first kappa shape index (κ1) is 14.8. The predicted molar refractivity (Wildman–Crippen MR) is 93.4 cm³/mol. The number of aromatic amines is 1. The highest BCUT2D eigenvalue weighted by molar-refractivity contribution is 6.02. The van der Waals surface area contributed by atoms with Crippen LogP contribution in [-0.4, -0.2) is 10.9 Å². The summed E-state index contributed by atoms with van der Waals surface area (Å²) in [5.41, 5.74) is 2.85. The molecule has 0 radical (unpaired) electrons. The topological polar surface area (TPSA) is 62.0 Å². The van der Waals surface area contributed by atoms with Crippen LogP contribution in [0, 0.1) is 6.92 Å². The van der Waals surface area contributed by atoms with Gasteiger partial charge in [0.25, 0.3) is 5.56 Å². The summed E-state index contributed by atoms with van der Waals surface area (Å²) in [6, 6.07) is 16.8. The molecule has 0 aliphatic rings. The number of aromatic nitrogens is 1. The number of amides is 1. The number of benzene rings is 2. The van der Waals surface area contributed by atoms with E-state index in [1.165, 1.54) is 12.2 Å². The number of fused-ring (bicyclic) bond motifs is 1.